The number of carbonyl (C=O) groups excluding carboxylic acids is 1. The highest BCUT2D eigenvalue weighted by Crippen LogP contribution is 2.29. The average molecular weight is 247 g/mol. The lowest BCUT2D eigenvalue weighted by molar-refractivity contribution is -0.118. The second-order valence-electron chi connectivity index (χ2n) is 3.70. The third kappa shape index (κ3) is 1.64. The minimum Gasteiger partial charge on any atom is -0.370 e. The van der Waals surface area contributed by atoms with E-state index in [-0.39, 0.29) is 12.5 Å². The monoisotopic (exact) mass is 247 g/mol. The van der Waals surface area contributed by atoms with Gasteiger partial charge in [0.1, 0.15) is 17.4 Å². The number of hydrogen-bond acceptors (Lipinski definition) is 5. The van der Waals surface area contributed by atoms with Crippen LogP contribution < -0.4 is 5.73 Å². The van der Waals surface area contributed by atoms with Gasteiger partial charge >= 0.3 is 0 Å². The summed E-state index contributed by atoms with van der Waals surface area (Å²) in [6.07, 6.45) is 3.53. The lowest BCUT2D eigenvalue weighted by Gasteiger charge is -2.08. The van der Waals surface area contributed by atoms with Crippen molar-refractivity contribution in [2.45, 2.75) is 12.5 Å². The van der Waals surface area contributed by atoms with Crippen molar-refractivity contribution in [2.24, 2.45) is 10.7 Å². The largest absolute Gasteiger partial charge is 0.370 e. The van der Waals surface area contributed by atoms with Crippen LogP contribution in [0.5, 0.6) is 0 Å². The number of rotatable bonds is 2. The van der Waals surface area contributed by atoms with Crippen LogP contribution in [0.25, 0.3) is 5.00 Å². The molecule has 2 N–H and O–H groups in total. The van der Waals surface area contributed by atoms with Crippen LogP contribution in [0.2, 0.25) is 0 Å². The Bertz CT molecular complexity index is 599. The molecule has 0 fully saturated rings. The van der Waals surface area contributed by atoms with Gasteiger partial charge in [-0.25, -0.2) is 0 Å². The summed E-state index contributed by atoms with van der Waals surface area (Å²) in [6.45, 7) is 0. The molecular formula is C10H9N5OS. The molecule has 1 aliphatic heterocycles. The molecule has 0 aromatic carbocycles. The van der Waals surface area contributed by atoms with Crippen LogP contribution in [0, 0.1) is 0 Å². The number of amides is 1. The van der Waals surface area contributed by atoms with E-state index in [1.807, 2.05) is 16.0 Å². The average Bonchev–Trinajstić information content (AvgIpc) is 2.90. The molecule has 1 aliphatic rings. The third-order valence-corrected chi connectivity index (χ3v) is 3.48. The smallest absolute Gasteiger partial charge is 0.220 e. The summed E-state index contributed by atoms with van der Waals surface area (Å²) >= 11 is 1.58. The summed E-state index contributed by atoms with van der Waals surface area (Å²) in [5.41, 5.74) is 6.22. The first-order valence-corrected chi connectivity index (χ1v) is 5.93. The Morgan fingerprint density at radius 1 is 1.59 bits per heavy atom. The Morgan fingerprint density at radius 3 is 3.29 bits per heavy atom. The highest BCUT2D eigenvalue weighted by atomic mass is 32.1. The zero-order chi connectivity index (χ0) is 11.8. The van der Waals surface area contributed by atoms with Gasteiger partial charge in [-0.05, 0) is 11.4 Å². The SMILES string of the molecule is NC(=O)CC1N=Cc2ccsc2-n2cnnc21. The molecule has 0 bridgehead atoms. The molecule has 2 aromatic rings. The molecule has 0 radical (unpaired) electrons. The van der Waals surface area contributed by atoms with Crippen LogP contribution in [0.1, 0.15) is 23.9 Å². The van der Waals surface area contributed by atoms with Crippen LogP contribution in [0.4, 0.5) is 0 Å². The number of primary amides is 1. The molecule has 86 valence electrons. The van der Waals surface area contributed by atoms with Crippen molar-refractivity contribution in [3.05, 3.63) is 29.2 Å². The van der Waals surface area contributed by atoms with E-state index in [2.05, 4.69) is 15.2 Å². The molecule has 2 aromatic heterocycles. The Kier molecular flexibility index (Phi) is 2.25. The van der Waals surface area contributed by atoms with Crippen molar-refractivity contribution < 1.29 is 4.79 Å². The van der Waals surface area contributed by atoms with E-state index >= 15 is 0 Å². The Balaban J connectivity index is 2.13. The van der Waals surface area contributed by atoms with Crippen molar-refractivity contribution in [1.29, 1.82) is 0 Å². The molecule has 0 aliphatic carbocycles. The van der Waals surface area contributed by atoms with Gasteiger partial charge in [-0.2, -0.15) is 0 Å². The maximum atomic E-state index is 11.0. The normalized spacial score (nSPS) is 17.3. The Morgan fingerprint density at radius 2 is 2.47 bits per heavy atom. The zero-order valence-electron chi connectivity index (χ0n) is 8.78. The number of aromatic nitrogens is 3. The highest BCUT2D eigenvalue weighted by Gasteiger charge is 2.23. The first kappa shape index (κ1) is 10.2. The summed E-state index contributed by atoms with van der Waals surface area (Å²) in [5.74, 6) is 0.258. The molecule has 3 rings (SSSR count). The van der Waals surface area contributed by atoms with E-state index < -0.39 is 5.91 Å². The van der Waals surface area contributed by atoms with Gasteiger partial charge < -0.3 is 5.73 Å². The van der Waals surface area contributed by atoms with E-state index in [0.29, 0.717) is 5.82 Å². The topological polar surface area (TPSA) is 86.2 Å². The number of aliphatic imine (C=N–C) groups is 1. The van der Waals surface area contributed by atoms with Gasteiger partial charge in [0.25, 0.3) is 0 Å². The predicted molar refractivity (Wildman–Crippen MR) is 63.4 cm³/mol. The maximum Gasteiger partial charge on any atom is 0.220 e. The fourth-order valence-electron chi connectivity index (χ4n) is 1.80. The van der Waals surface area contributed by atoms with Gasteiger partial charge in [-0.1, -0.05) is 0 Å². The summed E-state index contributed by atoms with van der Waals surface area (Å²) in [6, 6.07) is 1.62. The summed E-state index contributed by atoms with van der Waals surface area (Å²) in [7, 11) is 0. The van der Waals surface area contributed by atoms with E-state index in [1.165, 1.54) is 0 Å². The van der Waals surface area contributed by atoms with E-state index in [1.54, 1.807) is 23.9 Å². The van der Waals surface area contributed by atoms with Gasteiger partial charge in [0.05, 0.1) is 6.42 Å². The lowest BCUT2D eigenvalue weighted by atomic mass is 10.2. The molecule has 17 heavy (non-hydrogen) atoms. The van der Waals surface area contributed by atoms with Crippen molar-refractivity contribution in [2.75, 3.05) is 0 Å². The molecular weight excluding hydrogens is 238 g/mol. The number of thiophene rings is 1. The summed E-state index contributed by atoms with van der Waals surface area (Å²) < 4.78 is 1.86. The van der Waals surface area contributed by atoms with Gasteiger partial charge in [-0.3, -0.25) is 14.4 Å². The second-order valence-corrected chi connectivity index (χ2v) is 4.60. The molecule has 3 heterocycles. The lowest BCUT2D eigenvalue weighted by Crippen LogP contribution is -2.16. The van der Waals surface area contributed by atoms with Crippen LogP contribution in [-0.2, 0) is 4.79 Å². The quantitative estimate of drug-likeness (QED) is 0.846. The van der Waals surface area contributed by atoms with E-state index in [0.717, 1.165) is 10.6 Å². The number of hydrogen-bond donors (Lipinski definition) is 1. The zero-order valence-corrected chi connectivity index (χ0v) is 9.59. The fourth-order valence-corrected chi connectivity index (χ4v) is 2.66. The first-order valence-electron chi connectivity index (χ1n) is 5.05. The number of nitrogens with zero attached hydrogens (tertiary/aromatic N) is 4. The first-order chi connectivity index (χ1) is 8.25. The van der Waals surface area contributed by atoms with Crippen molar-refractivity contribution in [1.82, 2.24) is 14.8 Å². The van der Waals surface area contributed by atoms with E-state index in [9.17, 15) is 4.79 Å². The van der Waals surface area contributed by atoms with Gasteiger partial charge in [-0.15, -0.1) is 21.5 Å². The van der Waals surface area contributed by atoms with Crippen molar-refractivity contribution >= 4 is 23.5 Å². The summed E-state index contributed by atoms with van der Waals surface area (Å²) in [5, 5.41) is 10.9. The molecule has 1 atom stereocenters. The molecule has 0 saturated heterocycles. The second kappa shape index (κ2) is 3.77. The number of carbonyl (C=O) groups is 1. The summed E-state index contributed by atoms with van der Waals surface area (Å²) in [4.78, 5) is 15.4. The molecule has 7 heteroatoms. The number of fused-ring (bicyclic) bond motifs is 3. The molecule has 1 amide bonds. The Labute approximate surface area is 101 Å². The standard InChI is InChI=1S/C10H9N5OS/c11-8(16)3-7-9-14-13-5-15(9)10-6(4-12-7)1-2-17-10/h1-2,4-5,7H,3H2,(H2,11,16). The van der Waals surface area contributed by atoms with Gasteiger partial charge in [0.2, 0.25) is 5.91 Å². The maximum absolute atomic E-state index is 11.0. The third-order valence-electron chi connectivity index (χ3n) is 2.55. The van der Waals surface area contributed by atoms with Crippen LogP contribution >= 0.6 is 11.3 Å². The van der Waals surface area contributed by atoms with Crippen LogP contribution in [0.15, 0.2) is 22.8 Å². The molecule has 0 spiro atoms. The minimum atomic E-state index is -0.396. The van der Waals surface area contributed by atoms with Gasteiger partial charge in [0.15, 0.2) is 5.82 Å². The fraction of sp³-hybridized carbons (Fsp3) is 0.200. The van der Waals surface area contributed by atoms with Gasteiger partial charge in [0, 0.05) is 11.8 Å². The minimum absolute atomic E-state index is 0.143. The Hall–Kier alpha value is -2.02. The predicted octanol–water partition coefficient (Wildman–Crippen LogP) is 0.678. The highest BCUT2D eigenvalue weighted by molar-refractivity contribution is 7.13. The molecule has 6 nitrogen and oxygen atoms in total. The van der Waals surface area contributed by atoms with Crippen LogP contribution in [0.3, 0.4) is 0 Å². The molecule has 1 unspecified atom stereocenters. The van der Waals surface area contributed by atoms with Crippen molar-refractivity contribution in [3.63, 3.8) is 0 Å². The molecule has 0 saturated carbocycles. The van der Waals surface area contributed by atoms with Crippen LogP contribution in [-0.4, -0.2) is 26.9 Å². The van der Waals surface area contributed by atoms with Crippen molar-refractivity contribution in [3.8, 4) is 5.00 Å². The van der Waals surface area contributed by atoms with E-state index in [4.69, 9.17) is 5.73 Å². The number of nitrogens with two attached hydrogens (primary N) is 1.